The third kappa shape index (κ3) is 2.10. The molecule has 1 aliphatic carbocycles. The van der Waals surface area contributed by atoms with Crippen molar-refractivity contribution in [1.29, 1.82) is 0 Å². The molecule has 3 nitrogen and oxygen atoms in total. The molecule has 1 amide bonds. The number of hydrogen-bond donors (Lipinski definition) is 2. The van der Waals surface area contributed by atoms with E-state index in [1.165, 1.54) is 0 Å². The summed E-state index contributed by atoms with van der Waals surface area (Å²) in [6, 6.07) is 0. The Morgan fingerprint density at radius 3 is 2.00 bits per heavy atom. The molecule has 0 radical (unpaired) electrons. The zero-order valence-electron chi connectivity index (χ0n) is 11.3. The highest BCUT2D eigenvalue weighted by molar-refractivity contribution is 5.84. The van der Waals surface area contributed by atoms with Crippen LogP contribution in [0.5, 0.6) is 0 Å². The average Bonchev–Trinajstić information content (AvgIpc) is 2.40. The molecule has 1 rings (SSSR count). The maximum absolute atomic E-state index is 12.1. The minimum absolute atomic E-state index is 0.0758. The summed E-state index contributed by atoms with van der Waals surface area (Å²) in [7, 11) is 0. The monoisotopic (exact) mass is 227 g/mol. The van der Waals surface area contributed by atoms with Gasteiger partial charge in [0.2, 0.25) is 5.91 Å². The second-order valence-corrected chi connectivity index (χ2v) is 6.72. The first-order chi connectivity index (χ1) is 7.06. The van der Waals surface area contributed by atoms with Crippen molar-refractivity contribution in [3.8, 4) is 0 Å². The van der Waals surface area contributed by atoms with Gasteiger partial charge in [-0.3, -0.25) is 4.79 Å². The van der Waals surface area contributed by atoms with Gasteiger partial charge in [-0.25, -0.2) is 0 Å². The third-order valence-electron chi connectivity index (χ3n) is 4.48. The van der Waals surface area contributed by atoms with E-state index in [1.54, 1.807) is 0 Å². The fraction of sp³-hybridized carbons (Fsp3) is 0.923. The van der Waals surface area contributed by atoms with Crippen LogP contribution in [0.2, 0.25) is 0 Å². The molecule has 0 saturated heterocycles. The second kappa shape index (κ2) is 3.73. The van der Waals surface area contributed by atoms with Crippen LogP contribution in [0, 0.1) is 16.7 Å². The van der Waals surface area contributed by atoms with Gasteiger partial charge in [0, 0.05) is 18.1 Å². The van der Waals surface area contributed by atoms with E-state index in [4.69, 9.17) is 5.11 Å². The number of hydrogen-bond acceptors (Lipinski definition) is 2. The fourth-order valence-electron chi connectivity index (χ4n) is 2.60. The van der Waals surface area contributed by atoms with Crippen LogP contribution in [-0.2, 0) is 4.79 Å². The molecule has 94 valence electrons. The molecule has 3 heteroatoms. The van der Waals surface area contributed by atoms with E-state index in [-0.39, 0.29) is 34.8 Å². The van der Waals surface area contributed by atoms with Gasteiger partial charge >= 0.3 is 0 Å². The smallest absolute Gasteiger partial charge is 0.224 e. The minimum atomic E-state index is -0.319. The first kappa shape index (κ1) is 13.5. The van der Waals surface area contributed by atoms with Crippen LogP contribution in [0.4, 0.5) is 0 Å². The average molecular weight is 227 g/mol. The van der Waals surface area contributed by atoms with Gasteiger partial charge in [-0.05, 0) is 31.1 Å². The van der Waals surface area contributed by atoms with Gasteiger partial charge in [0.1, 0.15) is 0 Å². The number of carbonyl (C=O) groups excluding carboxylic acids is 1. The number of nitrogens with one attached hydrogen (secondary N) is 1. The molecule has 1 saturated carbocycles. The van der Waals surface area contributed by atoms with E-state index >= 15 is 0 Å². The summed E-state index contributed by atoms with van der Waals surface area (Å²) in [5.74, 6) is 0.200. The Labute approximate surface area is 98.6 Å². The van der Waals surface area contributed by atoms with E-state index in [2.05, 4.69) is 33.0 Å². The molecular formula is C13H25NO2. The normalized spacial score (nSPS) is 22.9. The Hall–Kier alpha value is -0.570. The minimum Gasteiger partial charge on any atom is -0.396 e. The molecule has 1 aliphatic rings. The highest BCUT2D eigenvalue weighted by Gasteiger charge is 2.68. The van der Waals surface area contributed by atoms with Gasteiger partial charge in [-0.1, -0.05) is 27.7 Å². The topological polar surface area (TPSA) is 49.3 Å². The lowest BCUT2D eigenvalue weighted by Crippen LogP contribution is -2.45. The molecule has 2 N–H and O–H groups in total. The summed E-state index contributed by atoms with van der Waals surface area (Å²) in [6.07, 6.45) is 0.590. The Bertz CT molecular complexity index is 278. The second-order valence-electron chi connectivity index (χ2n) is 6.72. The third-order valence-corrected chi connectivity index (χ3v) is 4.48. The molecule has 0 aliphatic heterocycles. The molecule has 0 aromatic rings. The molecule has 0 aromatic carbocycles. The van der Waals surface area contributed by atoms with Crippen LogP contribution < -0.4 is 5.32 Å². The summed E-state index contributed by atoms with van der Waals surface area (Å²) < 4.78 is 0. The van der Waals surface area contributed by atoms with Gasteiger partial charge in [0.15, 0.2) is 0 Å². The summed E-state index contributed by atoms with van der Waals surface area (Å²) in [5, 5.41) is 12.0. The van der Waals surface area contributed by atoms with Crippen LogP contribution in [0.3, 0.4) is 0 Å². The van der Waals surface area contributed by atoms with Crippen LogP contribution in [0.15, 0.2) is 0 Å². The van der Waals surface area contributed by atoms with E-state index in [0.717, 1.165) is 0 Å². The van der Waals surface area contributed by atoms with E-state index < -0.39 is 0 Å². The van der Waals surface area contributed by atoms with E-state index in [9.17, 15) is 4.79 Å². The number of amides is 1. The maximum atomic E-state index is 12.1. The lowest BCUT2D eigenvalue weighted by Gasteiger charge is -2.26. The standard InChI is InChI=1S/C13H25NO2/c1-11(2,7-8-15)14-10(16)9-12(3,4)13(9,5)6/h9,15H,7-8H2,1-6H3,(H,14,16). The van der Waals surface area contributed by atoms with Crippen molar-refractivity contribution in [2.24, 2.45) is 16.7 Å². The van der Waals surface area contributed by atoms with Crippen molar-refractivity contribution in [1.82, 2.24) is 5.32 Å². The molecule has 0 aromatic heterocycles. The Balaban J connectivity index is 2.63. The number of rotatable bonds is 4. The van der Waals surface area contributed by atoms with Crippen LogP contribution in [0.1, 0.15) is 48.0 Å². The molecule has 0 heterocycles. The van der Waals surface area contributed by atoms with E-state index in [1.807, 2.05) is 13.8 Å². The van der Waals surface area contributed by atoms with Gasteiger partial charge in [0.05, 0.1) is 0 Å². The van der Waals surface area contributed by atoms with Crippen molar-refractivity contribution in [3.05, 3.63) is 0 Å². The largest absolute Gasteiger partial charge is 0.396 e. The van der Waals surface area contributed by atoms with Crippen molar-refractivity contribution in [2.45, 2.75) is 53.5 Å². The first-order valence-electron chi connectivity index (χ1n) is 5.99. The van der Waals surface area contributed by atoms with Crippen LogP contribution >= 0.6 is 0 Å². The number of carbonyl (C=O) groups is 1. The fourth-order valence-corrected chi connectivity index (χ4v) is 2.60. The van der Waals surface area contributed by atoms with E-state index in [0.29, 0.717) is 6.42 Å². The number of aliphatic hydroxyl groups is 1. The van der Waals surface area contributed by atoms with Crippen molar-refractivity contribution in [3.63, 3.8) is 0 Å². The maximum Gasteiger partial charge on any atom is 0.224 e. The first-order valence-corrected chi connectivity index (χ1v) is 5.99. The molecule has 0 atom stereocenters. The Morgan fingerprint density at radius 2 is 1.69 bits per heavy atom. The summed E-state index contributed by atoms with van der Waals surface area (Å²) in [4.78, 5) is 12.1. The highest BCUT2D eigenvalue weighted by Crippen LogP contribution is 2.68. The lowest BCUT2D eigenvalue weighted by molar-refractivity contribution is -0.125. The van der Waals surface area contributed by atoms with Crippen LogP contribution in [-0.4, -0.2) is 23.2 Å². The van der Waals surface area contributed by atoms with Crippen LogP contribution in [0.25, 0.3) is 0 Å². The quantitative estimate of drug-likeness (QED) is 0.771. The summed E-state index contributed by atoms with van der Waals surface area (Å²) in [6.45, 7) is 12.5. The van der Waals surface area contributed by atoms with Crippen molar-refractivity contribution >= 4 is 5.91 Å². The molecule has 0 bridgehead atoms. The van der Waals surface area contributed by atoms with Gasteiger partial charge in [-0.15, -0.1) is 0 Å². The Morgan fingerprint density at radius 1 is 1.25 bits per heavy atom. The zero-order valence-corrected chi connectivity index (χ0v) is 11.3. The molecule has 0 spiro atoms. The van der Waals surface area contributed by atoms with Crippen molar-refractivity contribution in [2.75, 3.05) is 6.61 Å². The molecule has 1 fully saturated rings. The zero-order chi connectivity index (χ0) is 12.8. The summed E-state index contributed by atoms with van der Waals surface area (Å²) in [5.41, 5.74) is -0.167. The lowest BCUT2D eigenvalue weighted by atomic mass is 10.0. The number of aliphatic hydroxyl groups excluding tert-OH is 1. The SMILES string of the molecule is CC(C)(CCO)NC(=O)C1C(C)(C)C1(C)C. The Kier molecular flexibility index (Phi) is 3.14. The van der Waals surface area contributed by atoms with Gasteiger partial charge < -0.3 is 10.4 Å². The molecule has 0 unspecified atom stereocenters. The van der Waals surface area contributed by atoms with Crippen molar-refractivity contribution < 1.29 is 9.90 Å². The van der Waals surface area contributed by atoms with Gasteiger partial charge in [0.25, 0.3) is 0 Å². The summed E-state index contributed by atoms with van der Waals surface area (Å²) >= 11 is 0. The molecule has 16 heavy (non-hydrogen) atoms. The van der Waals surface area contributed by atoms with Gasteiger partial charge in [-0.2, -0.15) is 0 Å². The highest BCUT2D eigenvalue weighted by atomic mass is 16.3. The predicted molar refractivity (Wildman–Crippen MR) is 65.0 cm³/mol. The predicted octanol–water partition coefficient (Wildman–Crippen LogP) is 1.95. The molecular weight excluding hydrogens is 202 g/mol.